The molecule has 19 heavy (non-hydrogen) atoms. The first-order chi connectivity index (χ1) is 8.97. The number of hydrogen-bond donors (Lipinski definition) is 1. The Labute approximate surface area is 119 Å². The Hall–Kier alpha value is -1.06. The number of aryl methyl sites for hydroxylation is 1. The van der Waals surface area contributed by atoms with Crippen molar-refractivity contribution in [1.82, 2.24) is 4.90 Å². The summed E-state index contributed by atoms with van der Waals surface area (Å²) in [4.78, 5) is 13.4. The third kappa shape index (κ3) is 3.48. The van der Waals surface area contributed by atoms with Crippen molar-refractivity contribution in [3.8, 4) is 0 Å². The van der Waals surface area contributed by atoms with E-state index in [9.17, 15) is 9.90 Å². The maximum Gasteiger partial charge on any atom is 0.320 e. The molecule has 1 aromatic rings. The summed E-state index contributed by atoms with van der Waals surface area (Å²) in [5.74, 6) is -0.249. The second-order valence-corrected chi connectivity index (χ2v) is 5.96. The normalized spacial score (nSPS) is 24.4. The van der Waals surface area contributed by atoms with Crippen molar-refractivity contribution in [2.24, 2.45) is 5.92 Å². The number of hydrogen-bond acceptors (Lipinski definition) is 2. The number of benzene rings is 1. The van der Waals surface area contributed by atoms with E-state index in [2.05, 4.69) is 6.92 Å². The van der Waals surface area contributed by atoms with Gasteiger partial charge in [-0.1, -0.05) is 30.7 Å². The predicted octanol–water partition coefficient (Wildman–Crippen LogP) is 3.33. The summed E-state index contributed by atoms with van der Waals surface area (Å²) in [6.07, 6.45) is 1.77. The first-order valence-electron chi connectivity index (χ1n) is 6.69. The van der Waals surface area contributed by atoms with Crippen molar-refractivity contribution < 1.29 is 9.90 Å². The molecule has 0 radical (unpaired) electrons. The molecule has 0 bridgehead atoms. The molecule has 0 spiro atoms. The number of aliphatic carboxylic acids is 1. The van der Waals surface area contributed by atoms with E-state index >= 15 is 0 Å². The highest BCUT2D eigenvalue weighted by atomic mass is 35.5. The van der Waals surface area contributed by atoms with E-state index in [1.165, 1.54) is 0 Å². The van der Waals surface area contributed by atoms with Crippen LogP contribution >= 0.6 is 11.6 Å². The maximum atomic E-state index is 11.4. The number of carboxylic acids is 1. The second-order valence-electron chi connectivity index (χ2n) is 5.55. The Bertz CT molecular complexity index is 475. The molecule has 0 aliphatic carbocycles. The second kappa shape index (κ2) is 5.93. The van der Waals surface area contributed by atoms with Crippen molar-refractivity contribution >= 4 is 17.6 Å². The standard InChI is InChI=1S/C15H20ClNO2/c1-10-3-4-12(13(16)7-10)9-17-6-5-11(2)8-14(17)15(18)19/h3-4,7,11,14H,5-6,8-9H2,1-2H3,(H,18,19). The number of rotatable bonds is 3. The fourth-order valence-electron chi connectivity index (χ4n) is 2.64. The molecule has 1 saturated heterocycles. The van der Waals surface area contributed by atoms with E-state index < -0.39 is 5.97 Å². The topological polar surface area (TPSA) is 40.5 Å². The monoisotopic (exact) mass is 281 g/mol. The van der Waals surface area contributed by atoms with Gasteiger partial charge in [-0.3, -0.25) is 9.69 Å². The fourth-order valence-corrected chi connectivity index (χ4v) is 2.93. The van der Waals surface area contributed by atoms with Crippen LogP contribution in [0.15, 0.2) is 18.2 Å². The van der Waals surface area contributed by atoms with E-state index in [0.29, 0.717) is 12.5 Å². The van der Waals surface area contributed by atoms with Gasteiger partial charge in [0, 0.05) is 11.6 Å². The third-order valence-electron chi connectivity index (χ3n) is 3.84. The van der Waals surface area contributed by atoms with Crippen molar-refractivity contribution in [3.63, 3.8) is 0 Å². The lowest BCUT2D eigenvalue weighted by Crippen LogP contribution is -2.46. The van der Waals surface area contributed by atoms with E-state index in [0.717, 1.165) is 35.5 Å². The van der Waals surface area contributed by atoms with Crippen LogP contribution in [0.4, 0.5) is 0 Å². The van der Waals surface area contributed by atoms with Gasteiger partial charge in [0.25, 0.3) is 0 Å². The van der Waals surface area contributed by atoms with Crippen molar-refractivity contribution in [3.05, 3.63) is 34.3 Å². The number of halogens is 1. The molecule has 3 nitrogen and oxygen atoms in total. The summed E-state index contributed by atoms with van der Waals surface area (Å²) in [5, 5.41) is 10.1. The molecule has 0 aromatic heterocycles. The van der Waals surface area contributed by atoms with Crippen LogP contribution < -0.4 is 0 Å². The zero-order valence-corrected chi connectivity index (χ0v) is 12.2. The Morgan fingerprint density at radius 1 is 1.53 bits per heavy atom. The lowest BCUT2D eigenvalue weighted by atomic mass is 9.92. The molecule has 1 N–H and O–H groups in total. The number of carbonyl (C=O) groups is 1. The molecule has 2 atom stereocenters. The third-order valence-corrected chi connectivity index (χ3v) is 4.19. The summed E-state index contributed by atoms with van der Waals surface area (Å²) in [6, 6.07) is 5.55. The lowest BCUT2D eigenvalue weighted by molar-refractivity contribution is -0.145. The fraction of sp³-hybridized carbons (Fsp3) is 0.533. The van der Waals surface area contributed by atoms with Crippen LogP contribution in [0.25, 0.3) is 0 Å². The zero-order valence-electron chi connectivity index (χ0n) is 11.4. The Morgan fingerprint density at radius 2 is 2.26 bits per heavy atom. The summed E-state index contributed by atoms with van der Waals surface area (Å²) in [7, 11) is 0. The van der Waals surface area contributed by atoms with Gasteiger partial charge in [0.05, 0.1) is 0 Å². The number of likely N-dealkylation sites (tertiary alicyclic amines) is 1. The number of piperidine rings is 1. The van der Waals surface area contributed by atoms with Crippen molar-refractivity contribution in [2.45, 2.75) is 39.3 Å². The van der Waals surface area contributed by atoms with Gasteiger partial charge in [-0.05, 0) is 49.4 Å². The first-order valence-corrected chi connectivity index (χ1v) is 7.07. The molecule has 2 rings (SSSR count). The average molecular weight is 282 g/mol. The summed E-state index contributed by atoms with van der Waals surface area (Å²) < 4.78 is 0. The molecule has 4 heteroatoms. The van der Waals surface area contributed by atoms with Crippen molar-refractivity contribution in [1.29, 1.82) is 0 Å². The summed E-state index contributed by atoms with van der Waals surface area (Å²) in [5.41, 5.74) is 2.13. The van der Waals surface area contributed by atoms with Crippen LogP contribution in [-0.4, -0.2) is 28.6 Å². The minimum absolute atomic E-state index is 0.388. The molecule has 1 heterocycles. The van der Waals surface area contributed by atoms with E-state index in [4.69, 9.17) is 11.6 Å². The van der Waals surface area contributed by atoms with Crippen LogP contribution in [0.3, 0.4) is 0 Å². The number of nitrogens with zero attached hydrogens (tertiary/aromatic N) is 1. The SMILES string of the molecule is Cc1ccc(CN2CCC(C)CC2C(=O)O)c(Cl)c1. The van der Waals surface area contributed by atoms with Gasteiger partial charge in [-0.2, -0.15) is 0 Å². The highest BCUT2D eigenvalue weighted by Gasteiger charge is 2.31. The maximum absolute atomic E-state index is 11.4. The first kappa shape index (κ1) is 14.4. The van der Waals surface area contributed by atoms with E-state index in [1.54, 1.807) is 0 Å². The van der Waals surface area contributed by atoms with Gasteiger partial charge in [0.2, 0.25) is 0 Å². The van der Waals surface area contributed by atoms with Crippen LogP contribution in [0.1, 0.15) is 30.9 Å². The van der Waals surface area contributed by atoms with Gasteiger partial charge in [-0.25, -0.2) is 0 Å². The molecular weight excluding hydrogens is 262 g/mol. The average Bonchev–Trinajstić information content (AvgIpc) is 2.34. The van der Waals surface area contributed by atoms with Gasteiger partial charge >= 0.3 is 5.97 Å². The molecule has 2 unspecified atom stereocenters. The van der Waals surface area contributed by atoms with Gasteiger partial charge < -0.3 is 5.11 Å². The molecule has 1 aromatic carbocycles. The van der Waals surface area contributed by atoms with E-state index in [1.807, 2.05) is 30.0 Å². The van der Waals surface area contributed by atoms with E-state index in [-0.39, 0.29) is 6.04 Å². The van der Waals surface area contributed by atoms with Crippen LogP contribution in [0.2, 0.25) is 5.02 Å². The smallest absolute Gasteiger partial charge is 0.320 e. The van der Waals surface area contributed by atoms with Crippen LogP contribution in [0, 0.1) is 12.8 Å². The van der Waals surface area contributed by atoms with Gasteiger partial charge in [0.15, 0.2) is 0 Å². The Morgan fingerprint density at radius 3 is 2.89 bits per heavy atom. The van der Waals surface area contributed by atoms with Gasteiger partial charge in [0.1, 0.15) is 6.04 Å². The van der Waals surface area contributed by atoms with Crippen molar-refractivity contribution in [2.75, 3.05) is 6.54 Å². The Kier molecular flexibility index (Phi) is 4.48. The molecule has 104 valence electrons. The number of carboxylic acid groups (broad SMARTS) is 1. The van der Waals surface area contributed by atoms with Gasteiger partial charge in [-0.15, -0.1) is 0 Å². The lowest BCUT2D eigenvalue weighted by Gasteiger charge is -2.36. The molecule has 0 amide bonds. The molecule has 1 aliphatic heterocycles. The summed E-state index contributed by atoms with van der Waals surface area (Å²) >= 11 is 6.23. The predicted molar refractivity (Wildman–Crippen MR) is 76.4 cm³/mol. The highest BCUT2D eigenvalue weighted by molar-refractivity contribution is 6.31. The minimum Gasteiger partial charge on any atom is -0.480 e. The molecule has 0 saturated carbocycles. The molecular formula is C15H20ClNO2. The quantitative estimate of drug-likeness (QED) is 0.924. The van der Waals surface area contributed by atoms with Crippen LogP contribution in [-0.2, 0) is 11.3 Å². The Balaban J connectivity index is 2.14. The largest absolute Gasteiger partial charge is 0.480 e. The molecule has 1 fully saturated rings. The highest BCUT2D eigenvalue weighted by Crippen LogP contribution is 2.26. The van der Waals surface area contributed by atoms with Crippen LogP contribution in [0.5, 0.6) is 0 Å². The minimum atomic E-state index is -0.727. The molecule has 1 aliphatic rings. The summed E-state index contributed by atoms with van der Waals surface area (Å²) in [6.45, 7) is 5.55. The zero-order chi connectivity index (χ0) is 14.0.